The van der Waals surface area contributed by atoms with E-state index in [2.05, 4.69) is 6.92 Å². The second-order valence-electron chi connectivity index (χ2n) is 9.23. The van der Waals surface area contributed by atoms with E-state index in [1.165, 1.54) is 0 Å². The highest BCUT2D eigenvalue weighted by Crippen LogP contribution is 2.43. The fourth-order valence-corrected chi connectivity index (χ4v) is 4.78. The van der Waals surface area contributed by atoms with Crippen LogP contribution in [0.15, 0.2) is 0 Å². The molecule has 27 heavy (non-hydrogen) atoms. The van der Waals surface area contributed by atoms with Gasteiger partial charge in [-0.25, -0.2) is 0 Å². The Kier molecular flexibility index (Phi) is 8.29. The van der Waals surface area contributed by atoms with Crippen LogP contribution >= 0.6 is 0 Å². The summed E-state index contributed by atoms with van der Waals surface area (Å²) in [6.45, 7) is 4.01. The third-order valence-corrected chi connectivity index (χ3v) is 6.75. The van der Waals surface area contributed by atoms with E-state index in [4.69, 9.17) is 5.11 Å². The molecule has 2 fully saturated rings. The molecule has 0 saturated heterocycles. The molecular formula is C22H38O5. The number of Topliss-reactive ketones (excluding diaryl/α,β-unsaturated/α-hetero) is 1. The summed E-state index contributed by atoms with van der Waals surface area (Å²) in [6, 6.07) is 0. The Morgan fingerprint density at radius 2 is 1.81 bits per heavy atom. The molecule has 0 spiro atoms. The lowest BCUT2D eigenvalue weighted by atomic mass is 9.82. The molecule has 2 saturated carbocycles. The maximum atomic E-state index is 12.3. The van der Waals surface area contributed by atoms with Gasteiger partial charge in [0, 0.05) is 12.3 Å². The molecule has 3 N–H and O–H groups in total. The molecule has 6 atom stereocenters. The van der Waals surface area contributed by atoms with Crippen molar-refractivity contribution in [2.24, 2.45) is 23.7 Å². The number of carbonyl (C=O) groups is 2. The zero-order valence-corrected chi connectivity index (χ0v) is 17.0. The number of carboxylic acids is 1. The number of carboxylic acid groups (broad SMARTS) is 1. The van der Waals surface area contributed by atoms with Crippen LogP contribution in [-0.2, 0) is 9.59 Å². The second kappa shape index (κ2) is 10.0. The van der Waals surface area contributed by atoms with Crippen molar-refractivity contribution in [3.8, 4) is 0 Å². The summed E-state index contributed by atoms with van der Waals surface area (Å²) < 4.78 is 0. The monoisotopic (exact) mass is 382 g/mol. The summed E-state index contributed by atoms with van der Waals surface area (Å²) in [7, 11) is 0. The molecule has 0 aromatic rings. The number of hydrogen-bond acceptors (Lipinski definition) is 4. The molecule has 5 nitrogen and oxygen atoms in total. The average Bonchev–Trinajstić information content (AvgIpc) is 3.31. The van der Waals surface area contributed by atoms with E-state index in [1.54, 1.807) is 0 Å². The van der Waals surface area contributed by atoms with Crippen LogP contribution in [0.1, 0.15) is 90.9 Å². The number of carbonyl (C=O) groups excluding carboxylic acids is 1. The van der Waals surface area contributed by atoms with Gasteiger partial charge < -0.3 is 15.3 Å². The first-order valence-electron chi connectivity index (χ1n) is 10.9. The van der Waals surface area contributed by atoms with Gasteiger partial charge in [0.15, 0.2) is 0 Å². The SMILES string of the molecule is CCCCC[C@](C)(O)CC[C@H]1[C@H](O)CC(=O)[C@@H]1CCCC[C@@H]1C[C@H]1C(=O)O. The van der Waals surface area contributed by atoms with Gasteiger partial charge in [-0.1, -0.05) is 39.0 Å². The van der Waals surface area contributed by atoms with Crippen molar-refractivity contribution in [3.05, 3.63) is 0 Å². The molecule has 2 rings (SSSR count). The first-order chi connectivity index (χ1) is 12.7. The predicted octanol–water partition coefficient (Wildman–Crippen LogP) is 3.95. The fourth-order valence-electron chi connectivity index (χ4n) is 4.78. The van der Waals surface area contributed by atoms with E-state index in [1.807, 2.05) is 6.92 Å². The van der Waals surface area contributed by atoms with E-state index in [0.717, 1.165) is 57.8 Å². The predicted molar refractivity (Wildman–Crippen MR) is 104 cm³/mol. The third kappa shape index (κ3) is 6.86. The lowest BCUT2D eigenvalue weighted by Gasteiger charge is -2.28. The number of hydrogen-bond donors (Lipinski definition) is 3. The molecular weight excluding hydrogens is 344 g/mol. The van der Waals surface area contributed by atoms with Crippen LogP contribution in [0.4, 0.5) is 0 Å². The summed E-state index contributed by atoms with van der Waals surface area (Å²) >= 11 is 0. The van der Waals surface area contributed by atoms with E-state index in [-0.39, 0.29) is 30.0 Å². The largest absolute Gasteiger partial charge is 0.481 e. The van der Waals surface area contributed by atoms with E-state index < -0.39 is 17.7 Å². The topological polar surface area (TPSA) is 94.8 Å². The molecule has 5 heteroatoms. The van der Waals surface area contributed by atoms with E-state index in [0.29, 0.717) is 18.8 Å². The molecule has 0 bridgehead atoms. The van der Waals surface area contributed by atoms with Crippen molar-refractivity contribution in [1.29, 1.82) is 0 Å². The minimum atomic E-state index is -0.719. The van der Waals surface area contributed by atoms with Crippen molar-refractivity contribution in [2.75, 3.05) is 0 Å². The Morgan fingerprint density at radius 1 is 1.11 bits per heavy atom. The van der Waals surface area contributed by atoms with Crippen LogP contribution in [-0.4, -0.2) is 38.8 Å². The highest BCUT2D eigenvalue weighted by Gasteiger charge is 2.43. The summed E-state index contributed by atoms with van der Waals surface area (Å²) in [5.41, 5.74) is -0.719. The molecule has 156 valence electrons. The van der Waals surface area contributed by atoms with Gasteiger partial charge in [-0.05, 0) is 57.3 Å². The number of aliphatic hydroxyl groups is 2. The summed E-state index contributed by atoms with van der Waals surface area (Å²) in [6.07, 6.45) is 9.40. The van der Waals surface area contributed by atoms with Crippen LogP contribution in [0.5, 0.6) is 0 Å². The standard InChI is InChI=1S/C22H38O5/c1-3-4-7-11-22(2,27)12-10-17-16(19(23)14-20(17)24)9-6-5-8-15-13-18(15)21(25)26/h15-18,20,24,27H,3-14H2,1-2H3,(H,25,26)/t15-,16-,17-,18-,20-,22+/m1/s1. The Labute approximate surface area is 163 Å². The number of rotatable bonds is 13. The third-order valence-electron chi connectivity index (χ3n) is 6.75. The first-order valence-corrected chi connectivity index (χ1v) is 10.9. The normalized spacial score (nSPS) is 32.4. The van der Waals surface area contributed by atoms with Crippen LogP contribution in [0, 0.1) is 23.7 Å². The van der Waals surface area contributed by atoms with Crippen molar-refractivity contribution in [2.45, 2.75) is 103 Å². The molecule has 0 radical (unpaired) electrons. The highest BCUT2D eigenvalue weighted by atomic mass is 16.4. The van der Waals surface area contributed by atoms with Crippen molar-refractivity contribution in [1.82, 2.24) is 0 Å². The lowest BCUT2D eigenvalue weighted by molar-refractivity contribution is -0.138. The van der Waals surface area contributed by atoms with E-state index >= 15 is 0 Å². The number of unbranched alkanes of at least 4 members (excludes halogenated alkanes) is 3. The Hall–Kier alpha value is -0.940. The molecule has 2 aliphatic carbocycles. The molecule has 2 aliphatic rings. The van der Waals surface area contributed by atoms with Crippen LogP contribution in [0.2, 0.25) is 0 Å². The lowest BCUT2D eigenvalue weighted by Crippen LogP contribution is -2.28. The average molecular weight is 383 g/mol. The van der Waals surface area contributed by atoms with Gasteiger partial charge in [0.05, 0.1) is 17.6 Å². The van der Waals surface area contributed by atoms with Gasteiger partial charge in [-0.2, -0.15) is 0 Å². The Morgan fingerprint density at radius 3 is 2.44 bits per heavy atom. The van der Waals surface area contributed by atoms with Crippen molar-refractivity contribution < 1.29 is 24.9 Å². The smallest absolute Gasteiger partial charge is 0.306 e. The van der Waals surface area contributed by atoms with Gasteiger partial charge in [-0.15, -0.1) is 0 Å². The van der Waals surface area contributed by atoms with Crippen molar-refractivity contribution >= 4 is 11.8 Å². The maximum Gasteiger partial charge on any atom is 0.306 e. The Bertz CT molecular complexity index is 501. The van der Waals surface area contributed by atoms with Gasteiger partial charge in [0.2, 0.25) is 0 Å². The molecule has 0 aromatic heterocycles. The molecule has 0 aromatic carbocycles. The molecule has 0 unspecified atom stereocenters. The molecule has 0 heterocycles. The number of ketones is 1. The van der Waals surface area contributed by atoms with Gasteiger partial charge in [0.25, 0.3) is 0 Å². The second-order valence-corrected chi connectivity index (χ2v) is 9.23. The van der Waals surface area contributed by atoms with Crippen LogP contribution < -0.4 is 0 Å². The molecule has 0 aliphatic heterocycles. The Balaban J connectivity index is 1.73. The van der Waals surface area contributed by atoms with Crippen molar-refractivity contribution in [3.63, 3.8) is 0 Å². The van der Waals surface area contributed by atoms with Crippen LogP contribution in [0.25, 0.3) is 0 Å². The zero-order valence-electron chi connectivity index (χ0n) is 17.0. The summed E-state index contributed by atoms with van der Waals surface area (Å²) in [5, 5.41) is 29.9. The zero-order chi connectivity index (χ0) is 20.0. The minimum Gasteiger partial charge on any atom is -0.481 e. The fraction of sp³-hybridized carbons (Fsp3) is 0.909. The van der Waals surface area contributed by atoms with Gasteiger partial charge in [0.1, 0.15) is 5.78 Å². The number of aliphatic carboxylic acids is 1. The quantitative estimate of drug-likeness (QED) is 0.419. The summed E-state index contributed by atoms with van der Waals surface area (Å²) in [4.78, 5) is 23.2. The van der Waals surface area contributed by atoms with Gasteiger partial charge >= 0.3 is 5.97 Å². The first kappa shape index (κ1) is 22.4. The molecule has 0 amide bonds. The highest BCUT2D eigenvalue weighted by molar-refractivity contribution is 5.84. The number of aliphatic hydroxyl groups excluding tert-OH is 1. The summed E-state index contributed by atoms with van der Waals surface area (Å²) in [5.74, 6) is -0.485. The van der Waals surface area contributed by atoms with Gasteiger partial charge in [-0.3, -0.25) is 9.59 Å². The maximum absolute atomic E-state index is 12.3. The van der Waals surface area contributed by atoms with E-state index in [9.17, 15) is 19.8 Å². The minimum absolute atomic E-state index is 0.0390. The van der Waals surface area contributed by atoms with Crippen LogP contribution in [0.3, 0.4) is 0 Å².